The summed E-state index contributed by atoms with van der Waals surface area (Å²) in [6.45, 7) is 0. The Hall–Kier alpha value is -2.08. The van der Waals surface area contributed by atoms with Gasteiger partial charge in [-0.1, -0.05) is 18.2 Å². The fourth-order valence-corrected chi connectivity index (χ4v) is 4.70. The van der Waals surface area contributed by atoms with Crippen LogP contribution in [0, 0.1) is 0 Å². The highest BCUT2D eigenvalue weighted by Gasteiger charge is 2.27. The van der Waals surface area contributed by atoms with E-state index in [0.717, 1.165) is 16.5 Å². The van der Waals surface area contributed by atoms with Crippen LogP contribution in [0.25, 0.3) is 17.0 Å². The van der Waals surface area contributed by atoms with E-state index in [0.29, 0.717) is 12.8 Å². The average Bonchev–Trinajstić information content (AvgIpc) is 2.89. The molecule has 1 saturated heterocycles. The van der Waals surface area contributed by atoms with Gasteiger partial charge in [-0.15, -0.1) is 0 Å². The van der Waals surface area contributed by atoms with Crippen molar-refractivity contribution in [2.75, 3.05) is 18.6 Å². The maximum atomic E-state index is 12.4. The number of fused-ring (bicyclic) bond motifs is 1. The van der Waals surface area contributed by atoms with Crippen LogP contribution in [-0.2, 0) is 21.7 Å². The molecule has 0 bridgehead atoms. The second-order valence-electron chi connectivity index (χ2n) is 6.38. The first-order valence-corrected chi connectivity index (χ1v) is 9.89. The Balaban J connectivity index is 1.73. The van der Waals surface area contributed by atoms with E-state index in [4.69, 9.17) is 0 Å². The summed E-state index contributed by atoms with van der Waals surface area (Å²) in [6, 6.07) is 8.05. The smallest absolute Gasteiger partial charge is 0.246 e. The van der Waals surface area contributed by atoms with Crippen LogP contribution in [0.15, 0.2) is 36.5 Å². The van der Waals surface area contributed by atoms with Gasteiger partial charge in [-0.05, 0) is 25.0 Å². The minimum Gasteiger partial charge on any atom is -0.350 e. The Morgan fingerprint density at radius 2 is 1.92 bits per heavy atom. The van der Waals surface area contributed by atoms with Gasteiger partial charge in [0, 0.05) is 48.9 Å². The van der Waals surface area contributed by atoms with Crippen molar-refractivity contribution in [1.29, 1.82) is 0 Å². The number of hydrogen-bond acceptors (Lipinski definition) is 3. The van der Waals surface area contributed by atoms with Crippen LogP contribution in [0.3, 0.4) is 0 Å². The SMILES string of the molecule is CN(C(=O)C=Cc1cn(C)c2ccccc12)C1CCS(=O)(=O)CC1. The van der Waals surface area contributed by atoms with Gasteiger partial charge in [-0.3, -0.25) is 4.79 Å². The number of benzene rings is 1. The maximum absolute atomic E-state index is 12.4. The third-order valence-corrected chi connectivity index (χ3v) is 6.47. The van der Waals surface area contributed by atoms with E-state index in [-0.39, 0.29) is 23.5 Å². The summed E-state index contributed by atoms with van der Waals surface area (Å²) in [5.74, 6) is 0.247. The van der Waals surface area contributed by atoms with Gasteiger partial charge in [0.1, 0.15) is 9.84 Å². The van der Waals surface area contributed by atoms with E-state index >= 15 is 0 Å². The molecule has 5 nitrogen and oxygen atoms in total. The highest BCUT2D eigenvalue weighted by Crippen LogP contribution is 2.22. The van der Waals surface area contributed by atoms with Crippen molar-refractivity contribution in [2.45, 2.75) is 18.9 Å². The van der Waals surface area contributed by atoms with Crippen molar-refractivity contribution in [3.63, 3.8) is 0 Å². The molecule has 128 valence electrons. The highest BCUT2D eigenvalue weighted by atomic mass is 32.2. The summed E-state index contributed by atoms with van der Waals surface area (Å²) in [6.07, 6.45) is 6.45. The second-order valence-corrected chi connectivity index (χ2v) is 8.68. The number of nitrogens with zero attached hydrogens (tertiary/aromatic N) is 2. The summed E-state index contributed by atoms with van der Waals surface area (Å²) in [5, 5.41) is 1.11. The molecule has 1 aromatic carbocycles. The monoisotopic (exact) mass is 346 g/mol. The van der Waals surface area contributed by atoms with Crippen LogP contribution in [0.2, 0.25) is 0 Å². The molecule has 0 N–H and O–H groups in total. The van der Waals surface area contributed by atoms with Crippen molar-refractivity contribution in [2.24, 2.45) is 7.05 Å². The molecule has 0 saturated carbocycles. The lowest BCUT2D eigenvalue weighted by atomic mass is 10.1. The van der Waals surface area contributed by atoms with Crippen LogP contribution >= 0.6 is 0 Å². The van der Waals surface area contributed by atoms with Gasteiger partial charge in [0.15, 0.2) is 0 Å². The van der Waals surface area contributed by atoms with Crippen molar-refractivity contribution in [3.05, 3.63) is 42.1 Å². The Morgan fingerprint density at radius 3 is 2.62 bits per heavy atom. The molecule has 0 unspecified atom stereocenters. The molecule has 2 heterocycles. The van der Waals surface area contributed by atoms with Crippen LogP contribution in [0.5, 0.6) is 0 Å². The Labute approximate surface area is 142 Å². The lowest BCUT2D eigenvalue weighted by molar-refractivity contribution is -0.126. The molecule has 0 spiro atoms. The molecule has 2 aromatic rings. The molecule has 0 radical (unpaired) electrons. The van der Waals surface area contributed by atoms with E-state index in [1.807, 2.05) is 48.2 Å². The number of amides is 1. The van der Waals surface area contributed by atoms with E-state index in [1.54, 1.807) is 18.0 Å². The Bertz CT molecular complexity index is 882. The fraction of sp³-hybridized carbons (Fsp3) is 0.389. The van der Waals surface area contributed by atoms with E-state index in [9.17, 15) is 13.2 Å². The number of hydrogen-bond donors (Lipinski definition) is 0. The number of aryl methyl sites for hydroxylation is 1. The molecular weight excluding hydrogens is 324 g/mol. The molecule has 1 aromatic heterocycles. The fourth-order valence-electron chi connectivity index (χ4n) is 3.23. The molecule has 0 aliphatic carbocycles. The van der Waals surface area contributed by atoms with Crippen LogP contribution < -0.4 is 0 Å². The third kappa shape index (κ3) is 3.38. The number of rotatable bonds is 3. The standard InChI is InChI=1S/C18H22N2O3S/c1-19-13-14(16-5-3-4-6-17(16)19)7-8-18(21)20(2)15-9-11-24(22,23)12-10-15/h3-8,13,15H,9-12H2,1-2H3. The van der Waals surface area contributed by atoms with Crippen LogP contribution in [-0.4, -0.2) is 48.4 Å². The number of para-hydroxylation sites is 1. The predicted molar refractivity (Wildman–Crippen MR) is 96.4 cm³/mol. The molecule has 1 amide bonds. The lowest BCUT2D eigenvalue weighted by Crippen LogP contribution is -2.41. The zero-order valence-electron chi connectivity index (χ0n) is 14.0. The number of likely N-dealkylation sites (N-methyl/N-ethyl adjacent to an activating group) is 1. The average molecular weight is 346 g/mol. The van der Waals surface area contributed by atoms with E-state index < -0.39 is 9.84 Å². The summed E-state index contributed by atoms with van der Waals surface area (Å²) < 4.78 is 25.0. The number of carbonyl (C=O) groups excluding carboxylic acids is 1. The number of aromatic nitrogens is 1. The van der Waals surface area contributed by atoms with E-state index in [1.165, 1.54) is 0 Å². The topological polar surface area (TPSA) is 59.4 Å². The quantitative estimate of drug-likeness (QED) is 0.801. The zero-order chi connectivity index (χ0) is 17.3. The van der Waals surface area contributed by atoms with Crippen molar-refractivity contribution >= 4 is 32.7 Å². The molecule has 1 aliphatic heterocycles. The van der Waals surface area contributed by atoms with Gasteiger partial charge in [-0.25, -0.2) is 8.42 Å². The third-order valence-electron chi connectivity index (χ3n) is 4.75. The van der Waals surface area contributed by atoms with Crippen molar-refractivity contribution < 1.29 is 13.2 Å². The molecule has 6 heteroatoms. The Morgan fingerprint density at radius 1 is 1.25 bits per heavy atom. The minimum atomic E-state index is -2.91. The summed E-state index contributed by atoms with van der Waals surface area (Å²) in [5.41, 5.74) is 2.12. The molecular formula is C18H22N2O3S. The first-order valence-electron chi connectivity index (χ1n) is 8.07. The van der Waals surface area contributed by atoms with E-state index in [2.05, 4.69) is 0 Å². The van der Waals surface area contributed by atoms with Crippen molar-refractivity contribution in [1.82, 2.24) is 9.47 Å². The second kappa shape index (κ2) is 6.43. The highest BCUT2D eigenvalue weighted by molar-refractivity contribution is 7.91. The van der Waals surface area contributed by atoms with Gasteiger partial charge in [0.2, 0.25) is 5.91 Å². The van der Waals surface area contributed by atoms with Crippen LogP contribution in [0.4, 0.5) is 0 Å². The lowest BCUT2D eigenvalue weighted by Gasteiger charge is -2.30. The molecule has 1 aliphatic rings. The van der Waals surface area contributed by atoms with Crippen LogP contribution in [0.1, 0.15) is 18.4 Å². The maximum Gasteiger partial charge on any atom is 0.246 e. The van der Waals surface area contributed by atoms with Gasteiger partial charge < -0.3 is 9.47 Å². The molecule has 24 heavy (non-hydrogen) atoms. The largest absolute Gasteiger partial charge is 0.350 e. The number of sulfone groups is 1. The minimum absolute atomic E-state index is 0.00167. The Kier molecular flexibility index (Phi) is 4.49. The molecule has 1 fully saturated rings. The molecule has 3 rings (SSSR count). The first-order chi connectivity index (χ1) is 11.4. The van der Waals surface area contributed by atoms with Gasteiger partial charge >= 0.3 is 0 Å². The van der Waals surface area contributed by atoms with Gasteiger partial charge in [-0.2, -0.15) is 0 Å². The summed E-state index contributed by atoms with van der Waals surface area (Å²) >= 11 is 0. The normalized spacial score (nSPS) is 18.2. The van der Waals surface area contributed by atoms with Crippen molar-refractivity contribution in [3.8, 4) is 0 Å². The van der Waals surface area contributed by atoms with Gasteiger partial charge in [0.05, 0.1) is 11.5 Å². The zero-order valence-corrected chi connectivity index (χ0v) is 14.8. The van der Waals surface area contributed by atoms with Gasteiger partial charge in [0.25, 0.3) is 0 Å². The summed E-state index contributed by atoms with van der Waals surface area (Å²) in [4.78, 5) is 14.1. The predicted octanol–water partition coefficient (Wildman–Crippen LogP) is 2.23. The molecule has 0 atom stereocenters. The number of carbonyl (C=O) groups is 1. The first kappa shape index (κ1) is 16.8. The summed E-state index contributed by atoms with van der Waals surface area (Å²) in [7, 11) is 0.820.